The molecule has 2 aromatic heterocycles. The fraction of sp³-hybridized carbons (Fsp3) is 0.111. The summed E-state index contributed by atoms with van der Waals surface area (Å²) in [4.78, 5) is 16.5. The molecule has 25 heavy (non-hydrogen) atoms. The molecule has 0 bridgehead atoms. The number of hydrogen-bond donors (Lipinski definition) is 2. The Balaban J connectivity index is 1.70. The van der Waals surface area contributed by atoms with Gasteiger partial charge in [-0.15, -0.1) is 0 Å². The molecule has 128 valence electrons. The normalized spacial score (nSPS) is 11.8. The number of aromatic nitrogens is 1. The third-order valence-electron chi connectivity index (χ3n) is 3.35. The largest absolute Gasteiger partial charge is 0.467 e. The lowest BCUT2D eigenvalue weighted by molar-refractivity contribution is 0.0898. The highest BCUT2D eigenvalue weighted by molar-refractivity contribution is 9.10. The van der Waals surface area contributed by atoms with Crippen LogP contribution in [0.25, 0.3) is 0 Å². The maximum atomic E-state index is 12.4. The van der Waals surface area contributed by atoms with Crippen molar-refractivity contribution in [3.05, 3.63) is 76.8 Å². The second kappa shape index (κ2) is 7.96. The molecule has 3 rings (SSSR count). The molecule has 0 aliphatic rings. The van der Waals surface area contributed by atoms with Gasteiger partial charge in [-0.05, 0) is 42.5 Å². The number of benzene rings is 1. The first kappa shape index (κ1) is 17.2. The highest BCUT2D eigenvalue weighted by Gasteiger charge is 2.17. The Bertz CT molecular complexity index is 852. The number of halogens is 1. The van der Waals surface area contributed by atoms with Gasteiger partial charge >= 0.3 is 0 Å². The van der Waals surface area contributed by atoms with Gasteiger partial charge in [0.2, 0.25) is 5.88 Å². The average Bonchev–Trinajstić information content (AvgIpc) is 3.15. The standard InChI is InChI=1S/C18H15BrN2O4/c19-12-4-1-5-13(10-12)25-18-14(6-2-8-20-18)17(23)21-11-15(22)16-7-3-9-24-16/h1-10,15,22H,11H2,(H,21,23). The Morgan fingerprint density at radius 3 is 2.92 bits per heavy atom. The number of carbonyl (C=O) groups excluding carboxylic acids is 1. The number of ether oxygens (including phenoxy) is 1. The molecule has 0 saturated heterocycles. The van der Waals surface area contributed by atoms with Crippen molar-refractivity contribution in [1.82, 2.24) is 10.3 Å². The molecule has 6 nitrogen and oxygen atoms in total. The lowest BCUT2D eigenvalue weighted by atomic mass is 10.2. The van der Waals surface area contributed by atoms with E-state index in [4.69, 9.17) is 9.15 Å². The van der Waals surface area contributed by atoms with E-state index in [9.17, 15) is 9.90 Å². The van der Waals surface area contributed by atoms with Crippen LogP contribution in [0.1, 0.15) is 22.2 Å². The highest BCUT2D eigenvalue weighted by atomic mass is 79.9. The Morgan fingerprint density at radius 2 is 2.16 bits per heavy atom. The quantitative estimate of drug-likeness (QED) is 0.656. The van der Waals surface area contributed by atoms with E-state index in [-0.39, 0.29) is 18.0 Å². The molecule has 0 spiro atoms. The number of aliphatic hydroxyl groups excluding tert-OH is 1. The Labute approximate surface area is 152 Å². The molecule has 0 fully saturated rings. The van der Waals surface area contributed by atoms with Crippen LogP contribution in [0.2, 0.25) is 0 Å². The summed E-state index contributed by atoms with van der Waals surface area (Å²) >= 11 is 3.37. The number of hydrogen-bond acceptors (Lipinski definition) is 5. The number of nitrogens with zero attached hydrogens (tertiary/aromatic N) is 1. The lowest BCUT2D eigenvalue weighted by Crippen LogP contribution is -2.28. The summed E-state index contributed by atoms with van der Waals surface area (Å²) in [6, 6.07) is 13.8. The molecule has 1 aromatic carbocycles. The van der Waals surface area contributed by atoms with E-state index < -0.39 is 12.0 Å². The molecule has 7 heteroatoms. The van der Waals surface area contributed by atoms with Crippen LogP contribution in [-0.4, -0.2) is 22.5 Å². The molecule has 0 aliphatic carbocycles. The lowest BCUT2D eigenvalue weighted by Gasteiger charge is -2.12. The molecule has 1 atom stereocenters. The van der Waals surface area contributed by atoms with Crippen molar-refractivity contribution >= 4 is 21.8 Å². The van der Waals surface area contributed by atoms with Gasteiger partial charge in [-0.3, -0.25) is 4.79 Å². The summed E-state index contributed by atoms with van der Waals surface area (Å²) in [6.45, 7) is 0.0115. The van der Waals surface area contributed by atoms with Crippen LogP contribution in [0, 0.1) is 0 Å². The number of carbonyl (C=O) groups is 1. The van der Waals surface area contributed by atoms with Crippen LogP contribution < -0.4 is 10.1 Å². The van der Waals surface area contributed by atoms with Crippen molar-refractivity contribution in [2.24, 2.45) is 0 Å². The van der Waals surface area contributed by atoms with E-state index in [0.717, 1.165) is 4.47 Å². The monoisotopic (exact) mass is 402 g/mol. The Morgan fingerprint density at radius 1 is 1.28 bits per heavy atom. The number of rotatable bonds is 6. The van der Waals surface area contributed by atoms with Gasteiger partial charge in [0.1, 0.15) is 23.2 Å². The van der Waals surface area contributed by atoms with Crippen LogP contribution in [-0.2, 0) is 0 Å². The highest BCUT2D eigenvalue weighted by Crippen LogP contribution is 2.25. The Hall–Kier alpha value is -2.64. The van der Waals surface area contributed by atoms with Crippen molar-refractivity contribution in [1.29, 1.82) is 0 Å². The zero-order valence-electron chi connectivity index (χ0n) is 13.1. The summed E-state index contributed by atoms with van der Waals surface area (Å²) in [5, 5.41) is 12.6. The number of aliphatic hydroxyl groups is 1. The van der Waals surface area contributed by atoms with Gasteiger partial charge in [-0.1, -0.05) is 22.0 Å². The molecule has 2 heterocycles. The van der Waals surface area contributed by atoms with Crippen molar-refractivity contribution in [3.63, 3.8) is 0 Å². The summed E-state index contributed by atoms with van der Waals surface area (Å²) in [5.74, 6) is 0.726. The third-order valence-corrected chi connectivity index (χ3v) is 3.85. The summed E-state index contributed by atoms with van der Waals surface area (Å²) in [6.07, 6.45) is 2.08. The first-order valence-corrected chi connectivity index (χ1v) is 8.31. The molecule has 0 saturated carbocycles. The molecule has 3 aromatic rings. The van der Waals surface area contributed by atoms with Gasteiger partial charge < -0.3 is 19.6 Å². The van der Waals surface area contributed by atoms with Crippen molar-refractivity contribution in [2.45, 2.75) is 6.10 Å². The van der Waals surface area contributed by atoms with Crippen LogP contribution in [0.15, 0.2) is 69.9 Å². The maximum absolute atomic E-state index is 12.4. The van der Waals surface area contributed by atoms with Gasteiger partial charge in [-0.25, -0.2) is 4.98 Å². The number of pyridine rings is 1. The number of amides is 1. The minimum atomic E-state index is -0.926. The summed E-state index contributed by atoms with van der Waals surface area (Å²) in [7, 11) is 0. The molecular weight excluding hydrogens is 388 g/mol. The molecule has 0 aliphatic heterocycles. The van der Waals surface area contributed by atoms with Crippen molar-refractivity contribution in [3.8, 4) is 11.6 Å². The number of furan rings is 1. The second-order valence-corrected chi connectivity index (χ2v) is 6.07. The van der Waals surface area contributed by atoms with Gasteiger partial charge in [-0.2, -0.15) is 0 Å². The van der Waals surface area contributed by atoms with Crippen molar-refractivity contribution in [2.75, 3.05) is 6.54 Å². The molecule has 2 N–H and O–H groups in total. The third kappa shape index (κ3) is 4.46. The molecular formula is C18H15BrN2O4. The average molecular weight is 403 g/mol. The maximum Gasteiger partial charge on any atom is 0.256 e. The Kier molecular flexibility index (Phi) is 5.47. The smallest absolute Gasteiger partial charge is 0.256 e. The fourth-order valence-corrected chi connectivity index (χ4v) is 2.53. The summed E-state index contributed by atoms with van der Waals surface area (Å²) < 4.78 is 11.7. The molecule has 1 amide bonds. The minimum Gasteiger partial charge on any atom is -0.467 e. The van der Waals surface area contributed by atoms with E-state index in [1.165, 1.54) is 6.26 Å². The SMILES string of the molecule is O=C(NCC(O)c1ccco1)c1cccnc1Oc1cccc(Br)c1. The predicted octanol–water partition coefficient (Wildman–Crippen LogP) is 3.69. The van der Waals surface area contributed by atoms with Crippen LogP contribution >= 0.6 is 15.9 Å². The second-order valence-electron chi connectivity index (χ2n) is 5.16. The number of nitrogens with one attached hydrogen (secondary N) is 1. The summed E-state index contributed by atoms with van der Waals surface area (Å²) in [5.41, 5.74) is 0.272. The van der Waals surface area contributed by atoms with Gasteiger partial charge in [0.05, 0.1) is 12.8 Å². The van der Waals surface area contributed by atoms with Gasteiger partial charge in [0.25, 0.3) is 5.91 Å². The van der Waals surface area contributed by atoms with Crippen LogP contribution in [0.5, 0.6) is 11.6 Å². The molecule has 1 unspecified atom stereocenters. The zero-order chi connectivity index (χ0) is 17.6. The van der Waals surface area contributed by atoms with Crippen LogP contribution in [0.4, 0.5) is 0 Å². The first-order valence-electron chi connectivity index (χ1n) is 7.51. The topological polar surface area (TPSA) is 84.6 Å². The van der Waals surface area contributed by atoms with Gasteiger partial charge in [0, 0.05) is 10.7 Å². The van der Waals surface area contributed by atoms with E-state index in [2.05, 4.69) is 26.2 Å². The first-order chi connectivity index (χ1) is 12.1. The van der Waals surface area contributed by atoms with E-state index >= 15 is 0 Å². The zero-order valence-corrected chi connectivity index (χ0v) is 14.6. The fourth-order valence-electron chi connectivity index (χ4n) is 2.15. The molecule has 0 radical (unpaired) electrons. The van der Waals surface area contributed by atoms with E-state index in [0.29, 0.717) is 11.5 Å². The van der Waals surface area contributed by atoms with Crippen LogP contribution in [0.3, 0.4) is 0 Å². The van der Waals surface area contributed by atoms with Crippen molar-refractivity contribution < 1.29 is 19.1 Å². The van der Waals surface area contributed by atoms with E-state index in [1.807, 2.05) is 12.1 Å². The minimum absolute atomic E-state index is 0.0115. The predicted molar refractivity (Wildman–Crippen MR) is 94.5 cm³/mol. The van der Waals surface area contributed by atoms with E-state index in [1.54, 1.807) is 42.6 Å². The van der Waals surface area contributed by atoms with Gasteiger partial charge in [0.15, 0.2) is 0 Å².